The van der Waals surface area contributed by atoms with Crippen LogP contribution in [0.5, 0.6) is 0 Å². The second-order valence-electron chi connectivity index (χ2n) is 4.19. The molecule has 1 N–H and O–H groups in total. The number of aromatic nitrogens is 3. The number of imidazole rings is 1. The molecule has 0 saturated heterocycles. The first-order valence-corrected chi connectivity index (χ1v) is 6.55. The number of rotatable bonds is 3. The standard InChI is InChI=1S/C13H13N3OS/c1-16-7-6-14-13(16)10(17)8-12-15-9-4-2-3-5-11(9)18-12/h2-7,10,17H,8H2,1H3. The van der Waals surface area contributed by atoms with Crippen molar-refractivity contribution in [3.8, 4) is 0 Å². The van der Waals surface area contributed by atoms with Crippen molar-refractivity contribution in [3.05, 3.63) is 47.5 Å². The molecule has 3 aromatic rings. The zero-order chi connectivity index (χ0) is 12.5. The van der Waals surface area contributed by atoms with Crippen molar-refractivity contribution in [2.45, 2.75) is 12.5 Å². The Morgan fingerprint density at radius 1 is 1.39 bits per heavy atom. The molecule has 0 aliphatic carbocycles. The van der Waals surface area contributed by atoms with Gasteiger partial charge in [0.25, 0.3) is 0 Å². The molecule has 0 bridgehead atoms. The van der Waals surface area contributed by atoms with Gasteiger partial charge in [-0.2, -0.15) is 0 Å². The molecule has 2 heterocycles. The normalized spacial score (nSPS) is 13.0. The molecule has 0 amide bonds. The third-order valence-electron chi connectivity index (χ3n) is 2.86. The number of para-hydroxylation sites is 1. The number of aryl methyl sites for hydroxylation is 1. The Morgan fingerprint density at radius 2 is 2.22 bits per heavy atom. The molecule has 0 radical (unpaired) electrons. The fourth-order valence-corrected chi connectivity index (χ4v) is 2.97. The highest BCUT2D eigenvalue weighted by atomic mass is 32.1. The molecule has 0 aliphatic rings. The third kappa shape index (κ3) is 2.02. The van der Waals surface area contributed by atoms with Gasteiger partial charge < -0.3 is 9.67 Å². The summed E-state index contributed by atoms with van der Waals surface area (Å²) in [5, 5.41) is 11.1. The molecule has 1 unspecified atom stereocenters. The summed E-state index contributed by atoms with van der Waals surface area (Å²) in [4.78, 5) is 8.67. The molecule has 0 fully saturated rings. The van der Waals surface area contributed by atoms with Crippen LogP contribution in [0.2, 0.25) is 0 Å². The summed E-state index contributed by atoms with van der Waals surface area (Å²) in [5.41, 5.74) is 0.990. The van der Waals surface area contributed by atoms with Crippen LogP contribution in [-0.2, 0) is 13.5 Å². The lowest BCUT2D eigenvalue weighted by Gasteiger charge is -2.08. The topological polar surface area (TPSA) is 50.9 Å². The average molecular weight is 259 g/mol. The van der Waals surface area contributed by atoms with Gasteiger partial charge in [0.15, 0.2) is 0 Å². The Bertz CT molecular complexity index is 640. The lowest BCUT2D eigenvalue weighted by molar-refractivity contribution is 0.165. The highest BCUT2D eigenvalue weighted by Gasteiger charge is 2.15. The summed E-state index contributed by atoms with van der Waals surface area (Å²) in [6.07, 6.45) is 3.42. The van der Waals surface area contributed by atoms with Crippen LogP contribution in [0.1, 0.15) is 16.9 Å². The second kappa shape index (κ2) is 4.51. The van der Waals surface area contributed by atoms with Crippen molar-refractivity contribution in [1.82, 2.24) is 14.5 Å². The molecule has 1 atom stereocenters. The highest BCUT2D eigenvalue weighted by molar-refractivity contribution is 7.18. The van der Waals surface area contributed by atoms with E-state index in [-0.39, 0.29) is 0 Å². The van der Waals surface area contributed by atoms with Crippen molar-refractivity contribution in [1.29, 1.82) is 0 Å². The van der Waals surface area contributed by atoms with E-state index in [1.165, 1.54) is 0 Å². The monoisotopic (exact) mass is 259 g/mol. The first kappa shape index (κ1) is 11.4. The second-order valence-corrected chi connectivity index (χ2v) is 5.31. The number of fused-ring (bicyclic) bond motifs is 1. The van der Waals surface area contributed by atoms with Crippen LogP contribution in [0.3, 0.4) is 0 Å². The molecule has 5 heteroatoms. The molecular weight excluding hydrogens is 246 g/mol. The smallest absolute Gasteiger partial charge is 0.137 e. The number of hydrogen-bond acceptors (Lipinski definition) is 4. The van der Waals surface area contributed by atoms with Gasteiger partial charge >= 0.3 is 0 Å². The van der Waals surface area contributed by atoms with Crippen LogP contribution >= 0.6 is 11.3 Å². The van der Waals surface area contributed by atoms with Gasteiger partial charge in [-0.1, -0.05) is 12.1 Å². The Morgan fingerprint density at radius 3 is 2.94 bits per heavy atom. The fraction of sp³-hybridized carbons (Fsp3) is 0.231. The summed E-state index contributed by atoms with van der Waals surface area (Å²) in [7, 11) is 1.88. The lowest BCUT2D eigenvalue weighted by atomic mass is 10.2. The minimum absolute atomic E-state index is 0.504. The van der Waals surface area contributed by atoms with Crippen molar-refractivity contribution in [2.75, 3.05) is 0 Å². The number of aliphatic hydroxyl groups is 1. The van der Waals surface area contributed by atoms with E-state index < -0.39 is 6.10 Å². The van der Waals surface area contributed by atoms with Gasteiger partial charge in [-0.25, -0.2) is 9.97 Å². The largest absolute Gasteiger partial charge is 0.385 e. The van der Waals surface area contributed by atoms with E-state index in [9.17, 15) is 5.11 Å². The molecule has 1 aromatic carbocycles. The summed E-state index contributed by atoms with van der Waals surface area (Å²) in [6, 6.07) is 8.01. The van der Waals surface area contributed by atoms with Crippen molar-refractivity contribution >= 4 is 21.6 Å². The van der Waals surface area contributed by atoms with Crippen molar-refractivity contribution in [2.24, 2.45) is 7.05 Å². The first-order chi connectivity index (χ1) is 8.74. The zero-order valence-electron chi connectivity index (χ0n) is 9.95. The molecule has 2 aromatic heterocycles. The quantitative estimate of drug-likeness (QED) is 0.785. The highest BCUT2D eigenvalue weighted by Crippen LogP contribution is 2.25. The zero-order valence-corrected chi connectivity index (χ0v) is 10.8. The van der Waals surface area contributed by atoms with Gasteiger partial charge in [0.2, 0.25) is 0 Å². The van der Waals surface area contributed by atoms with Crippen LogP contribution in [0.15, 0.2) is 36.7 Å². The molecule has 18 heavy (non-hydrogen) atoms. The van der Waals surface area contributed by atoms with E-state index in [4.69, 9.17) is 0 Å². The Kier molecular flexibility index (Phi) is 2.85. The van der Waals surface area contributed by atoms with Gasteiger partial charge in [0.05, 0.1) is 15.2 Å². The van der Waals surface area contributed by atoms with Crippen LogP contribution in [-0.4, -0.2) is 19.6 Å². The number of benzene rings is 1. The molecule has 92 valence electrons. The average Bonchev–Trinajstić information content (AvgIpc) is 2.94. The number of aliphatic hydroxyl groups excluding tert-OH is 1. The molecule has 0 spiro atoms. The van der Waals surface area contributed by atoms with Crippen LogP contribution in [0.4, 0.5) is 0 Å². The van der Waals surface area contributed by atoms with Gasteiger partial charge in [0, 0.05) is 25.9 Å². The summed E-state index contributed by atoms with van der Waals surface area (Å²) in [6.45, 7) is 0. The number of hydrogen-bond donors (Lipinski definition) is 1. The fourth-order valence-electron chi connectivity index (χ4n) is 1.96. The first-order valence-electron chi connectivity index (χ1n) is 5.74. The van der Waals surface area contributed by atoms with Gasteiger partial charge in [-0.3, -0.25) is 0 Å². The maximum Gasteiger partial charge on any atom is 0.137 e. The minimum atomic E-state index is -0.606. The van der Waals surface area contributed by atoms with Crippen molar-refractivity contribution < 1.29 is 5.11 Å². The van der Waals surface area contributed by atoms with E-state index in [2.05, 4.69) is 9.97 Å². The summed E-state index contributed by atoms with van der Waals surface area (Å²) >= 11 is 1.62. The maximum absolute atomic E-state index is 10.2. The van der Waals surface area contributed by atoms with E-state index in [1.807, 2.05) is 42.1 Å². The van der Waals surface area contributed by atoms with Crippen LogP contribution < -0.4 is 0 Å². The minimum Gasteiger partial charge on any atom is -0.385 e. The Balaban J connectivity index is 1.86. The number of thiazole rings is 1. The van der Waals surface area contributed by atoms with Gasteiger partial charge in [0.1, 0.15) is 11.9 Å². The summed E-state index contributed by atoms with van der Waals surface area (Å²) < 4.78 is 2.98. The lowest BCUT2D eigenvalue weighted by Crippen LogP contribution is -2.08. The summed E-state index contributed by atoms with van der Waals surface area (Å²) in [5.74, 6) is 0.675. The van der Waals surface area contributed by atoms with E-state index >= 15 is 0 Å². The molecule has 0 aliphatic heterocycles. The predicted octanol–water partition coefficient (Wildman–Crippen LogP) is 2.31. The van der Waals surface area contributed by atoms with E-state index in [0.29, 0.717) is 12.2 Å². The molecule has 4 nitrogen and oxygen atoms in total. The molecule has 3 rings (SSSR count). The molecular formula is C13H13N3OS. The third-order valence-corrected chi connectivity index (χ3v) is 3.92. The van der Waals surface area contributed by atoms with Gasteiger partial charge in [-0.05, 0) is 12.1 Å². The molecule has 0 saturated carbocycles. The number of nitrogens with zero attached hydrogens (tertiary/aromatic N) is 3. The van der Waals surface area contributed by atoms with E-state index in [0.717, 1.165) is 15.2 Å². The van der Waals surface area contributed by atoms with Crippen molar-refractivity contribution in [3.63, 3.8) is 0 Å². The maximum atomic E-state index is 10.2. The Labute approximate surface area is 109 Å². The Hall–Kier alpha value is -1.72. The van der Waals surface area contributed by atoms with Gasteiger partial charge in [-0.15, -0.1) is 11.3 Å². The van der Waals surface area contributed by atoms with Crippen LogP contribution in [0, 0.1) is 0 Å². The predicted molar refractivity (Wildman–Crippen MR) is 71.5 cm³/mol. The van der Waals surface area contributed by atoms with Crippen LogP contribution in [0.25, 0.3) is 10.2 Å². The van der Waals surface area contributed by atoms with E-state index in [1.54, 1.807) is 17.5 Å². The SMILES string of the molecule is Cn1ccnc1C(O)Cc1nc2ccccc2s1.